The fraction of sp³-hybridized carbons (Fsp3) is 0.143. The summed E-state index contributed by atoms with van der Waals surface area (Å²) < 4.78 is 5.49. The number of aromatic nitrogens is 1. The lowest BCUT2D eigenvalue weighted by atomic mass is 10.2. The molecule has 0 unspecified atom stereocenters. The molecule has 92 valence electrons. The zero-order valence-electron chi connectivity index (χ0n) is 10.1. The monoisotopic (exact) mass is 242 g/mol. The van der Waals surface area contributed by atoms with Crippen LogP contribution in [-0.4, -0.2) is 17.4 Å². The van der Waals surface area contributed by atoms with E-state index in [1.807, 2.05) is 31.2 Å². The molecule has 0 aliphatic rings. The molecule has 1 amide bonds. The topological polar surface area (TPSA) is 55.1 Å². The standard InChI is InChI=1S/C14H14N2O2/c1-2-3-9-16-14(17)13-7-6-12(18-13)11-5-4-8-15-10-11/h2-8,10H,9H2,1H3,(H,16,17)/b3-2+. The van der Waals surface area contributed by atoms with Crippen LogP contribution >= 0.6 is 0 Å². The van der Waals surface area contributed by atoms with Gasteiger partial charge in [-0.05, 0) is 31.2 Å². The molecule has 2 heterocycles. The van der Waals surface area contributed by atoms with Crippen LogP contribution in [0.3, 0.4) is 0 Å². The van der Waals surface area contributed by atoms with Crippen molar-refractivity contribution in [1.29, 1.82) is 0 Å². The van der Waals surface area contributed by atoms with Gasteiger partial charge in [0.25, 0.3) is 5.91 Å². The molecule has 0 saturated heterocycles. The van der Waals surface area contributed by atoms with E-state index in [2.05, 4.69) is 10.3 Å². The molecule has 4 nitrogen and oxygen atoms in total. The maximum absolute atomic E-state index is 11.7. The van der Waals surface area contributed by atoms with Gasteiger partial charge in [-0.3, -0.25) is 9.78 Å². The van der Waals surface area contributed by atoms with E-state index in [-0.39, 0.29) is 5.91 Å². The van der Waals surface area contributed by atoms with Gasteiger partial charge in [0.1, 0.15) is 5.76 Å². The second-order valence-corrected chi connectivity index (χ2v) is 3.68. The van der Waals surface area contributed by atoms with Gasteiger partial charge < -0.3 is 9.73 Å². The number of allylic oxidation sites excluding steroid dienone is 1. The Morgan fingerprint density at radius 2 is 2.33 bits per heavy atom. The SMILES string of the molecule is C/C=C/CNC(=O)c1ccc(-c2cccnc2)o1. The molecule has 0 aliphatic heterocycles. The summed E-state index contributed by atoms with van der Waals surface area (Å²) in [4.78, 5) is 15.7. The lowest BCUT2D eigenvalue weighted by molar-refractivity contribution is 0.0931. The maximum Gasteiger partial charge on any atom is 0.287 e. The molecule has 4 heteroatoms. The first-order chi connectivity index (χ1) is 8.81. The van der Waals surface area contributed by atoms with Gasteiger partial charge in [0.05, 0.1) is 0 Å². The minimum Gasteiger partial charge on any atom is -0.451 e. The van der Waals surface area contributed by atoms with Gasteiger partial charge in [0.2, 0.25) is 0 Å². The van der Waals surface area contributed by atoms with Crippen LogP contribution in [0.15, 0.2) is 53.2 Å². The van der Waals surface area contributed by atoms with Crippen molar-refractivity contribution in [3.8, 4) is 11.3 Å². The Hall–Kier alpha value is -2.36. The van der Waals surface area contributed by atoms with Crippen LogP contribution in [0, 0.1) is 0 Å². The van der Waals surface area contributed by atoms with E-state index in [0.717, 1.165) is 5.56 Å². The Kier molecular flexibility index (Phi) is 3.91. The number of furan rings is 1. The van der Waals surface area contributed by atoms with Crippen molar-refractivity contribution in [3.05, 3.63) is 54.6 Å². The van der Waals surface area contributed by atoms with Crippen molar-refractivity contribution < 1.29 is 9.21 Å². The summed E-state index contributed by atoms with van der Waals surface area (Å²) in [6.07, 6.45) is 7.13. The smallest absolute Gasteiger partial charge is 0.287 e. The second-order valence-electron chi connectivity index (χ2n) is 3.68. The van der Waals surface area contributed by atoms with E-state index in [0.29, 0.717) is 18.1 Å². The molecule has 0 radical (unpaired) electrons. The fourth-order valence-electron chi connectivity index (χ4n) is 1.48. The van der Waals surface area contributed by atoms with Gasteiger partial charge in [0.15, 0.2) is 5.76 Å². The lowest BCUT2D eigenvalue weighted by Gasteiger charge is -1.98. The molecule has 2 rings (SSSR count). The first-order valence-corrected chi connectivity index (χ1v) is 5.71. The van der Waals surface area contributed by atoms with Crippen molar-refractivity contribution in [3.63, 3.8) is 0 Å². The average molecular weight is 242 g/mol. The summed E-state index contributed by atoms with van der Waals surface area (Å²) >= 11 is 0. The van der Waals surface area contributed by atoms with Crippen LogP contribution in [0.2, 0.25) is 0 Å². The molecule has 18 heavy (non-hydrogen) atoms. The van der Waals surface area contributed by atoms with E-state index < -0.39 is 0 Å². The first-order valence-electron chi connectivity index (χ1n) is 5.71. The molecule has 0 atom stereocenters. The Bertz CT molecular complexity index is 544. The number of hydrogen-bond donors (Lipinski definition) is 1. The van der Waals surface area contributed by atoms with Crippen LogP contribution in [0.5, 0.6) is 0 Å². The molecule has 2 aromatic rings. The first kappa shape index (κ1) is 12.1. The quantitative estimate of drug-likeness (QED) is 0.838. The normalized spacial score (nSPS) is 10.7. The molecule has 0 bridgehead atoms. The number of amides is 1. The van der Waals surface area contributed by atoms with Gasteiger partial charge in [-0.2, -0.15) is 0 Å². The molecule has 0 aliphatic carbocycles. The Balaban J connectivity index is 2.09. The molecular formula is C14H14N2O2. The van der Waals surface area contributed by atoms with Crippen molar-refractivity contribution in [2.75, 3.05) is 6.54 Å². The maximum atomic E-state index is 11.7. The highest BCUT2D eigenvalue weighted by Crippen LogP contribution is 2.20. The van der Waals surface area contributed by atoms with Crippen LogP contribution in [-0.2, 0) is 0 Å². The highest BCUT2D eigenvalue weighted by atomic mass is 16.3. The number of carbonyl (C=O) groups is 1. The minimum atomic E-state index is -0.219. The summed E-state index contributed by atoms with van der Waals surface area (Å²) in [5.41, 5.74) is 0.852. The third-order valence-corrected chi connectivity index (χ3v) is 2.39. The number of rotatable bonds is 4. The molecule has 0 saturated carbocycles. The number of nitrogens with zero attached hydrogens (tertiary/aromatic N) is 1. The zero-order chi connectivity index (χ0) is 12.8. The predicted octanol–water partition coefficient (Wildman–Crippen LogP) is 2.65. The summed E-state index contributed by atoms with van der Waals surface area (Å²) in [7, 11) is 0. The third-order valence-electron chi connectivity index (χ3n) is 2.39. The van der Waals surface area contributed by atoms with Gasteiger partial charge in [-0.25, -0.2) is 0 Å². The zero-order valence-corrected chi connectivity index (χ0v) is 10.1. The van der Waals surface area contributed by atoms with Crippen molar-refractivity contribution in [2.45, 2.75) is 6.92 Å². The molecule has 0 aromatic carbocycles. The van der Waals surface area contributed by atoms with Crippen molar-refractivity contribution >= 4 is 5.91 Å². The van der Waals surface area contributed by atoms with E-state index >= 15 is 0 Å². The second kappa shape index (κ2) is 5.82. The Morgan fingerprint density at radius 3 is 3.06 bits per heavy atom. The number of pyridine rings is 1. The molecule has 0 spiro atoms. The summed E-state index contributed by atoms with van der Waals surface area (Å²) in [5.74, 6) is 0.723. The van der Waals surface area contributed by atoms with Crippen LogP contribution < -0.4 is 5.32 Å². The van der Waals surface area contributed by atoms with Crippen LogP contribution in [0.25, 0.3) is 11.3 Å². The largest absolute Gasteiger partial charge is 0.451 e. The average Bonchev–Trinajstić information content (AvgIpc) is 2.89. The van der Waals surface area contributed by atoms with Gasteiger partial charge >= 0.3 is 0 Å². The minimum absolute atomic E-state index is 0.219. The van der Waals surface area contributed by atoms with Gasteiger partial charge in [0, 0.05) is 24.5 Å². The van der Waals surface area contributed by atoms with E-state index in [1.54, 1.807) is 24.5 Å². The Labute approximate surface area is 105 Å². The molecular weight excluding hydrogens is 228 g/mol. The molecule has 0 fully saturated rings. The predicted molar refractivity (Wildman–Crippen MR) is 69.1 cm³/mol. The van der Waals surface area contributed by atoms with Crippen LogP contribution in [0.4, 0.5) is 0 Å². The highest BCUT2D eigenvalue weighted by Gasteiger charge is 2.10. The van der Waals surface area contributed by atoms with E-state index in [9.17, 15) is 4.79 Å². The van der Waals surface area contributed by atoms with Crippen LogP contribution in [0.1, 0.15) is 17.5 Å². The fourth-order valence-corrected chi connectivity index (χ4v) is 1.48. The molecule has 2 aromatic heterocycles. The number of carbonyl (C=O) groups excluding carboxylic acids is 1. The van der Waals surface area contributed by atoms with Gasteiger partial charge in [-0.1, -0.05) is 12.2 Å². The lowest BCUT2D eigenvalue weighted by Crippen LogP contribution is -2.22. The number of hydrogen-bond acceptors (Lipinski definition) is 3. The summed E-state index contributed by atoms with van der Waals surface area (Å²) in [6.45, 7) is 2.40. The Morgan fingerprint density at radius 1 is 1.44 bits per heavy atom. The number of nitrogens with one attached hydrogen (secondary N) is 1. The summed E-state index contributed by atoms with van der Waals surface area (Å²) in [6, 6.07) is 7.13. The van der Waals surface area contributed by atoms with E-state index in [1.165, 1.54) is 0 Å². The third kappa shape index (κ3) is 2.85. The summed E-state index contributed by atoms with van der Waals surface area (Å²) in [5, 5.41) is 2.73. The highest BCUT2D eigenvalue weighted by molar-refractivity contribution is 5.92. The molecule has 1 N–H and O–H groups in total. The van der Waals surface area contributed by atoms with Crippen molar-refractivity contribution in [2.24, 2.45) is 0 Å². The van der Waals surface area contributed by atoms with E-state index in [4.69, 9.17) is 4.42 Å². The van der Waals surface area contributed by atoms with Crippen molar-refractivity contribution in [1.82, 2.24) is 10.3 Å². The van der Waals surface area contributed by atoms with Gasteiger partial charge in [-0.15, -0.1) is 0 Å².